The highest BCUT2D eigenvalue weighted by molar-refractivity contribution is 6.31. The van der Waals surface area contributed by atoms with Gasteiger partial charge in [-0.05, 0) is 93.0 Å². The Labute approximate surface area is 292 Å². The van der Waals surface area contributed by atoms with Gasteiger partial charge >= 0.3 is 0 Å². The molecule has 0 aliphatic carbocycles. The first-order chi connectivity index (χ1) is 25.7. The maximum absolute atomic E-state index is 6.44. The maximum Gasteiger partial charge on any atom is 0.227 e. The largest absolute Gasteiger partial charge is 0.436 e. The standard InChI is InChI=1S/C44H22N4O4/c1-5-13-35-31(9-1)45-41(49-35)27-21-28(42-46-32-10-2-6-14-36(32)50-42)24-19-20-26-30(44-48-34-12-4-8-16-38(34)52-44)22-29(25-18-17-23(27)39(24)40(25)26)43-47-33-11-3-7-15-37(33)51-43/h1-22H. The van der Waals surface area contributed by atoms with Gasteiger partial charge in [0, 0.05) is 22.3 Å². The molecule has 4 aromatic heterocycles. The van der Waals surface area contributed by atoms with Crippen LogP contribution in [0, 0.1) is 0 Å². The molecule has 0 saturated carbocycles. The Balaban J connectivity index is 1.25. The Kier molecular flexibility index (Phi) is 5.35. The summed E-state index contributed by atoms with van der Waals surface area (Å²) >= 11 is 0. The second-order valence-corrected chi connectivity index (χ2v) is 13.0. The lowest BCUT2D eigenvalue weighted by atomic mass is 9.86. The van der Waals surface area contributed by atoms with E-state index >= 15 is 0 Å². The minimum Gasteiger partial charge on any atom is -0.436 e. The Morgan fingerprint density at radius 1 is 0.288 bits per heavy atom. The van der Waals surface area contributed by atoms with E-state index in [0.29, 0.717) is 45.9 Å². The van der Waals surface area contributed by atoms with E-state index in [0.717, 1.165) is 76.6 Å². The molecule has 8 nitrogen and oxygen atoms in total. The maximum atomic E-state index is 6.44. The molecule has 0 atom stereocenters. The van der Waals surface area contributed by atoms with Crippen LogP contribution in [0.3, 0.4) is 0 Å². The minimum atomic E-state index is 0.509. The van der Waals surface area contributed by atoms with E-state index in [-0.39, 0.29) is 0 Å². The molecule has 8 aromatic carbocycles. The molecule has 12 rings (SSSR count). The van der Waals surface area contributed by atoms with Crippen LogP contribution < -0.4 is 0 Å². The minimum absolute atomic E-state index is 0.509. The van der Waals surface area contributed by atoms with Crippen LogP contribution in [0.2, 0.25) is 0 Å². The van der Waals surface area contributed by atoms with Crippen molar-refractivity contribution in [2.24, 2.45) is 0 Å². The molecule has 0 aliphatic rings. The number of fused-ring (bicyclic) bond motifs is 4. The van der Waals surface area contributed by atoms with Crippen LogP contribution in [-0.4, -0.2) is 19.9 Å². The summed E-state index contributed by atoms with van der Waals surface area (Å²) in [6.45, 7) is 0. The van der Waals surface area contributed by atoms with Crippen molar-refractivity contribution in [3.05, 3.63) is 133 Å². The third kappa shape index (κ3) is 3.86. The van der Waals surface area contributed by atoms with Crippen LogP contribution in [0.15, 0.2) is 151 Å². The number of aromatic nitrogens is 4. The number of benzene rings is 8. The van der Waals surface area contributed by atoms with Gasteiger partial charge < -0.3 is 17.7 Å². The zero-order chi connectivity index (χ0) is 33.9. The van der Waals surface area contributed by atoms with Gasteiger partial charge in [0.25, 0.3) is 0 Å². The van der Waals surface area contributed by atoms with Crippen molar-refractivity contribution in [3.8, 4) is 45.8 Å². The monoisotopic (exact) mass is 670 g/mol. The summed E-state index contributed by atoms with van der Waals surface area (Å²) in [7, 11) is 0. The van der Waals surface area contributed by atoms with E-state index in [1.54, 1.807) is 0 Å². The summed E-state index contributed by atoms with van der Waals surface area (Å²) < 4.78 is 25.7. The van der Waals surface area contributed by atoms with E-state index < -0.39 is 0 Å². The first kappa shape index (κ1) is 27.5. The lowest BCUT2D eigenvalue weighted by Gasteiger charge is -2.18. The van der Waals surface area contributed by atoms with Gasteiger partial charge in [-0.25, -0.2) is 19.9 Å². The quantitative estimate of drug-likeness (QED) is 0.170. The number of nitrogens with zero attached hydrogens (tertiary/aromatic N) is 4. The van der Waals surface area contributed by atoms with Gasteiger partial charge in [-0.2, -0.15) is 0 Å². The van der Waals surface area contributed by atoms with Gasteiger partial charge in [0.15, 0.2) is 22.3 Å². The van der Waals surface area contributed by atoms with E-state index in [1.807, 2.05) is 97.1 Å². The van der Waals surface area contributed by atoms with Crippen LogP contribution in [0.1, 0.15) is 0 Å². The van der Waals surface area contributed by atoms with Crippen LogP contribution in [-0.2, 0) is 0 Å². The van der Waals surface area contributed by atoms with Crippen molar-refractivity contribution < 1.29 is 17.7 Å². The van der Waals surface area contributed by atoms with Gasteiger partial charge in [0.1, 0.15) is 22.1 Å². The van der Waals surface area contributed by atoms with E-state index in [4.69, 9.17) is 37.6 Å². The molecule has 242 valence electrons. The normalized spacial score (nSPS) is 12.2. The molecule has 0 fully saturated rings. The molecule has 0 N–H and O–H groups in total. The molecule has 0 saturated heterocycles. The number of para-hydroxylation sites is 8. The smallest absolute Gasteiger partial charge is 0.227 e. The van der Waals surface area contributed by atoms with E-state index in [2.05, 4.69) is 36.4 Å². The van der Waals surface area contributed by atoms with E-state index in [9.17, 15) is 0 Å². The van der Waals surface area contributed by atoms with E-state index in [1.165, 1.54) is 0 Å². The first-order valence-electron chi connectivity index (χ1n) is 17.0. The first-order valence-corrected chi connectivity index (χ1v) is 17.0. The summed E-state index contributed by atoms with van der Waals surface area (Å²) in [6.07, 6.45) is 0. The molecule has 0 unspecified atom stereocenters. The predicted molar refractivity (Wildman–Crippen MR) is 202 cm³/mol. The third-order valence-electron chi connectivity index (χ3n) is 10.00. The molecule has 0 amide bonds. The SMILES string of the molecule is c1ccc2oc(-c3cc(-c4nc5ccccc5o4)c4ccc5c(-c6nc7ccccc7o6)cc(-c6nc7ccccc7o6)c6ccc3c4c65)nc2c1. The van der Waals surface area contributed by atoms with Crippen molar-refractivity contribution in [2.75, 3.05) is 0 Å². The fourth-order valence-electron chi connectivity index (χ4n) is 7.65. The highest BCUT2D eigenvalue weighted by Crippen LogP contribution is 2.49. The highest BCUT2D eigenvalue weighted by Gasteiger charge is 2.26. The average Bonchev–Trinajstić information content (AvgIpc) is 4.00. The fourth-order valence-corrected chi connectivity index (χ4v) is 7.65. The van der Waals surface area contributed by atoms with Gasteiger partial charge in [-0.15, -0.1) is 0 Å². The molecule has 52 heavy (non-hydrogen) atoms. The second kappa shape index (κ2) is 10.1. The van der Waals surface area contributed by atoms with Crippen molar-refractivity contribution in [2.45, 2.75) is 0 Å². The van der Waals surface area contributed by atoms with Crippen LogP contribution in [0.5, 0.6) is 0 Å². The van der Waals surface area contributed by atoms with Crippen molar-refractivity contribution >= 4 is 76.7 Å². The highest BCUT2D eigenvalue weighted by atomic mass is 16.4. The summed E-state index contributed by atoms with van der Waals surface area (Å²) in [6, 6.07) is 43.9. The zero-order valence-corrected chi connectivity index (χ0v) is 27.1. The molecule has 4 heterocycles. The molecule has 0 aliphatic heterocycles. The van der Waals surface area contributed by atoms with Crippen LogP contribution in [0.25, 0.3) is 123 Å². The topological polar surface area (TPSA) is 104 Å². The lowest BCUT2D eigenvalue weighted by Crippen LogP contribution is -1.94. The molecular formula is C44H22N4O4. The summed E-state index contributed by atoms with van der Waals surface area (Å²) in [5, 5.41) is 5.88. The number of oxazole rings is 4. The fraction of sp³-hybridized carbons (Fsp3) is 0. The predicted octanol–water partition coefficient (Wildman–Crippen LogP) is 11.8. The van der Waals surface area contributed by atoms with Gasteiger partial charge in [-0.3, -0.25) is 0 Å². The van der Waals surface area contributed by atoms with Gasteiger partial charge in [0.2, 0.25) is 23.6 Å². The molecule has 8 heteroatoms. The number of hydrogen-bond donors (Lipinski definition) is 0. The Hall–Kier alpha value is -7.32. The molecular weight excluding hydrogens is 649 g/mol. The van der Waals surface area contributed by atoms with Crippen molar-refractivity contribution in [3.63, 3.8) is 0 Å². The zero-order valence-electron chi connectivity index (χ0n) is 27.1. The summed E-state index contributed by atoms with van der Waals surface area (Å²) in [4.78, 5) is 19.8. The van der Waals surface area contributed by atoms with Crippen molar-refractivity contribution in [1.82, 2.24) is 19.9 Å². The Bertz CT molecular complexity index is 2810. The Morgan fingerprint density at radius 2 is 0.538 bits per heavy atom. The second-order valence-electron chi connectivity index (χ2n) is 13.0. The molecule has 12 aromatic rings. The van der Waals surface area contributed by atoms with Gasteiger partial charge in [-0.1, -0.05) is 72.8 Å². The molecule has 0 bridgehead atoms. The summed E-state index contributed by atoms with van der Waals surface area (Å²) in [5.74, 6) is 2.04. The Morgan fingerprint density at radius 3 is 0.788 bits per heavy atom. The van der Waals surface area contributed by atoms with Crippen LogP contribution in [0.4, 0.5) is 0 Å². The van der Waals surface area contributed by atoms with Crippen LogP contribution >= 0.6 is 0 Å². The van der Waals surface area contributed by atoms with Crippen molar-refractivity contribution in [1.29, 1.82) is 0 Å². The molecule has 0 radical (unpaired) electrons. The number of hydrogen-bond acceptors (Lipinski definition) is 8. The average molecular weight is 671 g/mol. The lowest BCUT2D eigenvalue weighted by molar-refractivity contribution is 0.617. The van der Waals surface area contributed by atoms with Gasteiger partial charge in [0.05, 0.1) is 0 Å². The number of rotatable bonds is 4. The summed E-state index contributed by atoms with van der Waals surface area (Å²) in [5.41, 5.74) is 9.27. The third-order valence-corrected chi connectivity index (χ3v) is 10.00. The molecule has 0 spiro atoms.